The Labute approximate surface area is 115 Å². The maximum atomic E-state index is 5.86. The topological polar surface area (TPSA) is 86.0 Å². The van der Waals surface area contributed by atoms with E-state index in [0.29, 0.717) is 17.4 Å². The van der Waals surface area contributed by atoms with Crippen molar-refractivity contribution in [3.63, 3.8) is 0 Å². The van der Waals surface area contributed by atoms with Crippen molar-refractivity contribution < 1.29 is 4.74 Å². The number of nitrogens with zero attached hydrogens (tertiary/aromatic N) is 3. The first-order chi connectivity index (χ1) is 9.79. The molecule has 3 rings (SSSR count). The molecular weight excluding hydrogens is 254 g/mol. The number of pyridine rings is 1. The van der Waals surface area contributed by atoms with Crippen LogP contribution in [0.1, 0.15) is 5.56 Å². The number of nitrogens with one attached hydrogen (secondary N) is 1. The van der Waals surface area contributed by atoms with Crippen molar-refractivity contribution in [2.75, 3.05) is 5.43 Å². The molecule has 0 saturated heterocycles. The molecule has 0 aliphatic carbocycles. The zero-order valence-electron chi connectivity index (χ0n) is 10.9. The van der Waals surface area contributed by atoms with Crippen LogP contribution in [0.4, 0.5) is 5.82 Å². The van der Waals surface area contributed by atoms with E-state index in [1.807, 2.05) is 37.3 Å². The zero-order valence-corrected chi connectivity index (χ0v) is 10.9. The smallest absolute Gasteiger partial charge is 0.227 e. The molecule has 6 heteroatoms. The van der Waals surface area contributed by atoms with E-state index in [2.05, 4.69) is 20.4 Å². The van der Waals surface area contributed by atoms with E-state index in [-0.39, 0.29) is 0 Å². The molecule has 0 saturated carbocycles. The van der Waals surface area contributed by atoms with Crippen molar-refractivity contribution in [2.45, 2.75) is 6.92 Å². The van der Waals surface area contributed by atoms with Crippen LogP contribution in [-0.4, -0.2) is 15.0 Å². The molecule has 3 aromatic rings. The largest absolute Gasteiger partial charge is 0.436 e. The summed E-state index contributed by atoms with van der Waals surface area (Å²) in [5, 5.41) is 1.01. The van der Waals surface area contributed by atoms with Gasteiger partial charge in [-0.15, -0.1) is 0 Å². The van der Waals surface area contributed by atoms with Gasteiger partial charge in [0.2, 0.25) is 5.88 Å². The minimum Gasteiger partial charge on any atom is -0.436 e. The van der Waals surface area contributed by atoms with Crippen LogP contribution >= 0.6 is 0 Å². The Kier molecular flexibility index (Phi) is 3.14. The fourth-order valence-electron chi connectivity index (χ4n) is 1.95. The lowest BCUT2D eigenvalue weighted by Crippen LogP contribution is -2.11. The number of hydrazine groups is 1. The van der Waals surface area contributed by atoms with Crippen LogP contribution in [0.15, 0.2) is 42.9 Å². The van der Waals surface area contributed by atoms with Crippen molar-refractivity contribution in [3.8, 4) is 11.6 Å². The standard InChI is InChI=1S/C14H13N5O/c1-9-13(19-15)17-8-18-14(9)20-11-6-2-4-10-5-3-7-16-12(10)11/h2-8H,15H2,1H3,(H,17,18,19). The Bertz CT molecular complexity index is 754. The van der Waals surface area contributed by atoms with Gasteiger partial charge in [-0.2, -0.15) is 0 Å². The van der Waals surface area contributed by atoms with Crippen molar-refractivity contribution in [1.82, 2.24) is 15.0 Å². The maximum Gasteiger partial charge on any atom is 0.227 e. The van der Waals surface area contributed by atoms with Crippen LogP contribution < -0.4 is 16.0 Å². The molecule has 0 atom stereocenters. The fraction of sp³-hybridized carbons (Fsp3) is 0.0714. The molecule has 0 radical (unpaired) electrons. The number of rotatable bonds is 3. The molecular formula is C14H13N5O. The van der Waals surface area contributed by atoms with E-state index in [9.17, 15) is 0 Å². The number of hydrogen-bond acceptors (Lipinski definition) is 6. The van der Waals surface area contributed by atoms with E-state index >= 15 is 0 Å². The number of hydrogen-bond donors (Lipinski definition) is 2. The van der Waals surface area contributed by atoms with Gasteiger partial charge in [0.05, 0.1) is 5.56 Å². The molecule has 0 spiro atoms. The second-order valence-corrected chi connectivity index (χ2v) is 4.23. The van der Waals surface area contributed by atoms with Crippen molar-refractivity contribution in [2.24, 2.45) is 5.84 Å². The lowest BCUT2D eigenvalue weighted by molar-refractivity contribution is 0.462. The Morgan fingerprint density at radius 2 is 1.95 bits per heavy atom. The van der Waals surface area contributed by atoms with Gasteiger partial charge in [0.15, 0.2) is 5.75 Å². The molecule has 0 aliphatic rings. The number of fused-ring (bicyclic) bond motifs is 1. The lowest BCUT2D eigenvalue weighted by Gasteiger charge is -2.11. The summed E-state index contributed by atoms with van der Waals surface area (Å²) < 4.78 is 5.86. The van der Waals surface area contributed by atoms with Crippen LogP contribution in [0.25, 0.3) is 10.9 Å². The summed E-state index contributed by atoms with van der Waals surface area (Å²) in [4.78, 5) is 12.5. The third kappa shape index (κ3) is 2.12. The third-order valence-electron chi connectivity index (χ3n) is 2.98. The Morgan fingerprint density at radius 3 is 2.80 bits per heavy atom. The highest BCUT2D eigenvalue weighted by molar-refractivity contribution is 5.84. The molecule has 1 aromatic carbocycles. The van der Waals surface area contributed by atoms with Crippen LogP contribution in [0.2, 0.25) is 0 Å². The first-order valence-electron chi connectivity index (χ1n) is 6.09. The molecule has 0 fully saturated rings. The summed E-state index contributed by atoms with van der Waals surface area (Å²) in [6.07, 6.45) is 3.13. The number of nitrogens with two attached hydrogens (primary N) is 1. The molecule has 2 aromatic heterocycles. The average Bonchev–Trinajstić information content (AvgIpc) is 2.50. The fourth-order valence-corrected chi connectivity index (χ4v) is 1.95. The predicted molar refractivity (Wildman–Crippen MR) is 76.4 cm³/mol. The van der Waals surface area contributed by atoms with Gasteiger partial charge in [0.25, 0.3) is 0 Å². The van der Waals surface area contributed by atoms with E-state index in [0.717, 1.165) is 16.5 Å². The summed E-state index contributed by atoms with van der Waals surface area (Å²) in [5.74, 6) is 7.02. The average molecular weight is 267 g/mol. The molecule has 0 aliphatic heterocycles. The Hall–Kier alpha value is -2.73. The highest BCUT2D eigenvalue weighted by Gasteiger charge is 2.10. The highest BCUT2D eigenvalue weighted by atomic mass is 16.5. The van der Waals surface area contributed by atoms with Crippen LogP contribution in [-0.2, 0) is 0 Å². The van der Waals surface area contributed by atoms with Crippen LogP contribution in [0.5, 0.6) is 11.6 Å². The normalized spacial score (nSPS) is 10.5. The summed E-state index contributed by atoms with van der Waals surface area (Å²) in [6, 6.07) is 9.62. The van der Waals surface area contributed by atoms with E-state index in [1.54, 1.807) is 6.20 Å². The molecule has 20 heavy (non-hydrogen) atoms. The van der Waals surface area contributed by atoms with Crippen molar-refractivity contribution >= 4 is 16.7 Å². The summed E-state index contributed by atoms with van der Waals surface area (Å²) >= 11 is 0. The second-order valence-electron chi connectivity index (χ2n) is 4.23. The predicted octanol–water partition coefficient (Wildman–Crippen LogP) is 2.41. The van der Waals surface area contributed by atoms with Gasteiger partial charge in [-0.05, 0) is 19.1 Å². The number of ether oxygens (including phenoxy) is 1. The number of benzene rings is 1. The number of aromatic nitrogens is 3. The van der Waals surface area contributed by atoms with E-state index < -0.39 is 0 Å². The zero-order chi connectivity index (χ0) is 13.9. The molecule has 100 valence electrons. The first kappa shape index (κ1) is 12.3. The quantitative estimate of drug-likeness (QED) is 0.560. The van der Waals surface area contributed by atoms with Crippen molar-refractivity contribution in [3.05, 3.63) is 48.4 Å². The highest BCUT2D eigenvalue weighted by Crippen LogP contribution is 2.30. The van der Waals surface area contributed by atoms with Gasteiger partial charge in [0.1, 0.15) is 17.7 Å². The van der Waals surface area contributed by atoms with Gasteiger partial charge in [-0.1, -0.05) is 18.2 Å². The number of nitrogen functional groups attached to an aromatic ring is 1. The Morgan fingerprint density at radius 1 is 1.10 bits per heavy atom. The monoisotopic (exact) mass is 267 g/mol. The molecule has 3 N–H and O–H groups in total. The molecule has 6 nitrogen and oxygen atoms in total. The van der Waals surface area contributed by atoms with E-state index in [1.165, 1.54) is 6.33 Å². The SMILES string of the molecule is Cc1c(NN)ncnc1Oc1cccc2cccnc12. The summed E-state index contributed by atoms with van der Waals surface area (Å²) in [6.45, 7) is 1.84. The van der Waals surface area contributed by atoms with Gasteiger partial charge >= 0.3 is 0 Å². The minimum absolute atomic E-state index is 0.450. The number of anilines is 1. The second kappa shape index (κ2) is 5.10. The van der Waals surface area contributed by atoms with Crippen LogP contribution in [0.3, 0.4) is 0 Å². The molecule has 0 unspecified atom stereocenters. The van der Waals surface area contributed by atoms with Gasteiger partial charge < -0.3 is 10.2 Å². The Balaban J connectivity index is 2.06. The molecule has 0 bridgehead atoms. The van der Waals surface area contributed by atoms with Crippen molar-refractivity contribution in [1.29, 1.82) is 0 Å². The maximum absolute atomic E-state index is 5.86. The van der Waals surface area contributed by atoms with Crippen LogP contribution in [0, 0.1) is 6.92 Å². The third-order valence-corrected chi connectivity index (χ3v) is 2.98. The summed E-state index contributed by atoms with van der Waals surface area (Å²) in [5.41, 5.74) is 4.04. The first-order valence-corrected chi connectivity index (χ1v) is 6.09. The lowest BCUT2D eigenvalue weighted by atomic mass is 10.2. The number of para-hydroxylation sites is 1. The molecule has 0 amide bonds. The summed E-state index contributed by atoms with van der Waals surface area (Å²) in [7, 11) is 0. The van der Waals surface area contributed by atoms with Gasteiger partial charge in [-0.25, -0.2) is 15.8 Å². The van der Waals surface area contributed by atoms with E-state index in [4.69, 9.17) is 10.6 Å². The molecule has 2 heterocycles. The van der Waals surface area contributed by atoms with Gasteiger partial charge in [0, 0.05) is 11.6 Å². The minimum atomic E-state index is 0.450. The van der Waals surface area contributed by atoms with Gasteiger partial charge in [-0.3, -0.25) is 4.98 Å².